The predicted molar refractivity (Wildman–Crippen MR) is 112 cm³/mol. The Morgan fingerprint density at radius 2 is 2.19 bits per heavy atom. The smallest absolute Gasteiger partial charge is 0.324 e. The van der Waals surface area contributed by atoms with Crippen molar-refractivity contribution in [2.45, 2.75) is 32.5 Å². The van der Waals surface area contributed by atoms with Crippen LogP contribution in [0.4, 0.5) is 14.9 Å². The standard InChI is InChI=1S/C20H25ClFN5O4/c1-13-16-10-26(20(30)25(3)14-4-5-18(22)17(21)8-14)7-6-19(16)23-27(13)9-15(11-28)31-24(2)12-29/h4-5,8,12,15,28H,6-7,9-11H2,1-3H3. The Balaban J connectivity index is 1.73. The molecule has 1 aromatic heterocycles. The van der Waals surface area contributed by atoms with E-state index < -0.39 is 11.9 Å². The molecule has 1 aliphatic heterocycles. The maximum atomic E-state index is 13.4. The Morgan fingerprint density at radius 1 is 1.45 bits per heavy atom. The lowest BCUT2D eigenvalue weighted by molar-refractivity contribution is -0.192. The van der Waals surface area contributed by atoms with E-state index in [9.17, 15) is 19.1 Å². The van der Waals surface area contributed by atoms with Crippen LogP contribution in [0.15, 0.2) is 18.2 Å². The number of aromatic nitrogens is 2. The number of fused-ring (bicyclic) bond motifs is 1. The van der Waals surface area contributed by atoms with Gasteiger partial charge in [0.25, 0.3) is 0 Å². The third-order valence-electron chi connectivity index (χ3n) is 5.27. The molecule has 2 heterocycles. The van der Waals surface area contributed by atoms with Crippen LogP contribution < -0.4 is 4.90 Å². The molecule has 0 bridgehead atoms. The van der Waals surface area contributed by atoms with Gasteiger partial charge in [0, 0.05) is 44.0 Å². The van der Waals surface area contributed by atoms with Crippen molar-refractivity contribution in [3.8, 4) is 0 Å². The number of hydrogen-bond acceptors (Lipinski definition) is 5. The van der Waals surface area contributed by atoms with Gasteiger partial charge >= 0.3 is 6.03 Å². The van der Waals surface area contributed by atoms with Crippen molar-refractivity contribution < 1.29 is 23.9 Å². The van der Waals surface area contributed by atoms with E-state index in [0.717, 1.165) is 22.0 Å². The number of amides is 3. The summed E-state index contributed by atoms with van der Waals surface area (Å²) in [6.45, 7) is 2.72. The van der Waals surface area contributed by atoms with E-state index in [-0.39, 0.29) is 24.2 Å². The minimum atomic E-state index is -0.637. The average Bonchev–Trinajstić information content (AvgIpc) is 3.08. The lowest BCUT2D eigenvalue weighted by Gasteiger charge is -2.31. The molecule has 0 saturated carbocycles. The molecule has 9 nitrogen and oxygen atoms in total. The average molecular weight is 454 g/mol. The van der Waals surface area contributed by atoms with E-state index >= 15 is 0 Å². The Kier molecular flexibility index (Phi) is 7.14. The van der Waals surface area contributed by atoms with Crippen molar-refractivity contribution in [3.63, 3.8) is 0 Å². The molecule has 0 fully saturated rings. The summed E-state index contributed by atoms with van der Waals surface area (Å²) in [5.74, 6) is -0.540. The number of aliphatic hydroxyl groups is 1. The van der Waals surface area contributed by atoms with Gasteiger partial charge < -0.3 is 10.0 Å². The van der Waals surface area contributed by atoms with Crippen LogP contribution in [0.5, 0.6) is 0 Å². The SMILES string of the molecule is Cc1c2c(nn1CC(CO)ON(C)C=O)CCN(C(=O)N(C)c1ccc(F)c(Cl)c1)C2. The first-order valence-electron chi connectivity index (χ1n) is 9.73. The number of anilines is 1. The van der Waals surface area contributed by atoms with Gasteiger partial charge in [0.2, 0.25) is 6.41 Å². The first kappa shape index (κ1) is 23.0. The molecule has 3 amide bonds. The molecule has 1 N–H and O–H groups in total. The molecule has 0 spiro atoms. The zero-order valence-corrected chi connectivity index (χ0v) is 18.3. The molecule has 1 atom stereocenters. The van der Waals surface area contributed by atoms with Gasteiger partial charge in [-0.15, -0.1) is 0 Å². The van der Waals surface area contributed by atoms with Crippen LogP contribution >= 0.6 is 11.6 Å². The van der Waals surface area contributed by atoms with Crippen LogP contribution in [-0.2, 0) is 29.1 Å². The second-order valence-electron chi connectivity index (χ2n) is 7.37. The Hall–Kier alpha value is -2.69. The number of nitrogens with zero attached hydrogens (tertiary/aromatic N) is 5. The summed E-state index contributed by atoms with van der Waals surface area (Å²) in [7, 11) is 3.06. The highest BCUT2D eigenvalue weighted by molar-refractivity contribution is 6.31. The fraction of sp³-hybridized carbons (Fsp3) is 0.450. The molecule has 31 heavy (non-hydrogen) atoms. The Bertz CT molecular complexity index is 969. The molecule has 0 radical (unpaired) electrons. The Labute approximate surface area is 184 Å². The summed E-state index contributed by atoms with van der Waals surface area (Å²) in [5.41, 5.74) is 3.17. The molecular formula is C20H25ClFN5O4. The molecule has 1 aromatic carbocycles. The van der Waals surface area contributed by atoms with E-state index in [1.54, 1.807) is 16.6 Å². The molecule has 3 rings (SSSR count). The summed E-state index contributed by atoms with van der Waals surface area (Å²) in [6, 6.07) is 3.91. The van der Waals surface area contributed by atoms with Crippen molar-refractivity contribution in [1.82, 2.24) is 19.7 Å². The van der Waals surface area contributed by atoms with Crippen LogP contribution in [0.2, 0.25) is 5.02 Å². The summed E-state index contributed by atoms with van der Waals surface area (Å²) in [6.07, 6.45) is 0.450. The monoisotopic (exact) mass is 453 g/mol. The quantitative estimate of drug-likeness (QED) is 0.511. The highest BCUT2D eigenvalue weighted by atomic mass is 35.5. The van der Waals surface area contributed by atoms with Gasteiger partial charge in [-0.1, -0.05) is 11.6 Å². The normalized spacial score (nSPS) is 14.2. The van der Waals surface area contributed by atoms with Gasteiger partial charge in [-0.25, -0.2) is 14.2 Å². The van der Waals surface area contributed by atoms with E-state index in [2.05, 4.69) is 5.10 Å². The number of hydrogen-bond donors (Lipinski definition) is 1. The Morgan fingerprint density at radius 3 is 2.84 bits per heavy atom. The number of urea groups is 1. The summed E-state index contributed by atoms with van der Waals surface area (Å²) >= 11 is 5.85. The van der Waals surface area contributed by atoms with E-state index in [4.69, 9.17) is 16.4 Å². The number of carbonyl (C=O) groups excluding carboxylic acids is 2. The van der Waals surface area contributed by atoms with E-state index in [1.807, 2.05) is 6.92 Å². The minimum Gasteiger partial charge on any atom is -0.393 e. The summed E-state index contributed by atoms with van der Waals surface area (Å²) in [4.78, 5) is 32.2. The number of rotatable bonds is 7. The van der Waals surface area contributed by atoms with Gasteiger partial charge in [0.1, 0.15) is 11.9 Å². The highest BCUT2D eigenvalue weighted by Gasteiger charge is 2.28. The third-order valence-corrected chi connectivity index (χ3v) is 5.56. The van der Waals surface area contributed by atoms with Crippen molar-refractivity contribution in [1.29, 1.82) is 0 Å². The number of aliphatic hydroxyl groups excluding tert-OH is 1. The molecule has 0 aliphatic carbocycles. The number of benzene rings is 1. The first-order valence-corrected chi connectivity index (χ1v) is 10.1. The van der Waals surface area contributed by atoms with Crippen LogP contribution in [0.1, 0.15) is 17.0 Å². The molecule has 1 unspecified atom stereocenters. The van der Waals surface area contributed by atoms with Crippen LogP contribution in [0.25, 0.3) is 0 Å². The van der Waals surface area contributed by atoms with Crippen LogP contribution in [-0.4, -0.2) is 70.6 Å². The van der Waals surface area contributed by atoms with Gasteiger partial charge in [-0.3, -0.25) is 19.2 Å². The van der Waals surface area contributed by atoms with E-state index in [1.165, 1.54) is 30.1 Å². The first-order chi connectivity index (χ1) is 14.7. The maximum absolute atomic E-state index is 13.4. The van der Waals surface area contributed by atoms with Crippen molar-refractivity contribution >= 4 is 29.7 Å². The fourth-order valence-electron chi connectivity index (χ4n) is 3.50. The number of halogens is 2. The molecule has 168 valence electrons. The lowest BCUT2D eigenvalue weighted by Crippen LogP contribution is -2.43. The minimum absolute atomic E-state index is 0.0453. The number of carbonyl (C=O) groups is 2. The zero-order valence-electron chi connectivity index (χ0n) is 17.6. The third kappa shape index (κ3) is 4.97. The van der Waals surface area contributed by atoms with E-state index in [0.29, 0.717) is 31.6 Å². The molecular weight excluding hydrogens is 429 g/mol. The van der Waals surface area contributed by atoms with Gasteiger partial charge in [-0.2, -0.15) is 5.10 Å². The van der Waals surface area contributed by atoms with Gasteiger partial charge in [0.05, 0.1) is 30.4 Å². The molecule has 11 heteroatoms. The van der Waals surface area contributed by atoms with Crippen molar-refractivity contribution in [3.05, 3.63) is 46.0 Å². The zero-order chi connectivity index (χ0) is 22.7. The van der Waals surface area contributed by atoms with Crippen molar-refractivity contribution in [2.75, 3.05) is 32.1 Å². The fourth-order valence-corrected chi connectivity index (χ4v) is 3.67. The summed E-state index contributed by atoms with van der Waals surface area (Å²) in [5, 5.41) is 15.1. The lowest BCUT2D eigenvalue weighted by atomic mass is 10.1. The molecule has 1 aliphatic rings. The molecule has 0 saturated heterocycles. The largest absolute Gasteiger partial charge is 0.393 e. The second kappa shape index (κ2) is 9.63. The summed E-state index contributed by atoms with van der Waals surface area (Å²) < 4.78 is 15.2. The van der Waals surface area contributed by atoms with Gasteiger partial charge in [0.15, 0.2) is 0 Å². The van der Waals surface area contributed by atoms with Gasteiger partial charge in [-0.05, 0) is 25.1 Å². The predicted octanol–water partition coefficient (Wildman–Crippen LogP) is 1.98. The second-order valence-corrected chi connectivity index (χ2v) is 7.77. The van der Waals surface area contributed by atoms with Crippen molar-refractivity contribution in [2.24, 2.45) is 0 Å². The number of hydroxylamine groups is 2. The topological polar surface area (TPSA) is 91.1 Å². The van der Waals surface area contributed by atoms with Crippen LogP contribution in [0, 0.1) is 12.7 Å². The molecule has 2 aromatic rings. The highest BCUT2D eigenvalue weighted by Crippen LogP contribution is 2.26. The maximum Gasteiger partial charge on any atom is 0.324 e. The van der Waals surface area contributed by atoms with Crippen LogP contribution in [0.3, 0.4) is 0 Å².